The van der Waals surface area contributed by atoms with Crippen LogP contribution in [0, 0.1) is 0 Å². The molecular formula is C16H17ClO6S2. The Labute approximate surface area is 158 Å². The topological polar surface area (TPSA) is 86.7 Å². The Morgan fingerprint density at radius 3 is 1.80 bits per heavy atom. The zero-order valence-electron chi connectivity index (χ0n) is 13.6. The largest absolute Gasteiger partial charge is 0.460 e. The molecule has 0 saturated heterocycles. The van der Waals surface area contributed by atoms with Crippen molar-refractivity contribution in [1.82, 2.24) is 0 Å². The normalized spacial score (nSPS) is 8.76. The van der Waals surface area contributed by atoms with E-state index in [0.717, 1.165) is 0 Å². The highest BCUT2D eigenvalue weighted by atomic mass is 35.5. The van der Waals surface area contributed by atoms with Gasteiger partial charge in [0.05, 0.1) is 18.1 Å². The number of halogens is 1. The minimum Gasteiger partial charge on any atom is -0.460 e. The van der Waals surface area contributed by atoms with Crippen molar-refractivity contribution in [1.29, 1.82) is 0 Å². The Morgan fingerprint density at radius 1 is 0.920 bits per heavy atom. The van der Waals surface area contributed by atoms with Crippen molar-refractivity contribution in [3.8, 4) is 0 Å². The lowest BCUT2D eigenvalue weighted by Gasteiger charge is -1.96. The molecule has 2 heterocycles. The van der Waals surface area contributed by atoms with Crippen molar-refractivity contribution in [2.45, 2.75) is 13.8 Å². The van der Waals surface area contributed by atoms with Crippen LogP contribution in [0.3, 0.4) is 0 Å². The molecule has 6 nitrogen and oxygen atoms in total. The lowest BCUT2D eigenvalue weighted by atomic mass is 10.3. The number of ketones is 1. The summed E-state index contributed by atoms with van der Waals surface area (Å²) in [6.07, 6.45) is 0. The Bertz CT molecular complexity index is 620. The van der Waals surface area contributed by atoms with E-state index in [9.17, 15) is 19.2 Å². The van der Waals surface area contributed by atoms with E-state index in [0.29, 0.717) is 4.88 Å². The van der Waals surface area contributed by atoms with Gasteiger partial charge < -0.3 is 9.47 Å². The second-order valence-electron chi connectivity index (χ2n) is 3.81. The third-order valence-corrected chi connectivity index (χ3v) is 3.72. The third-order valence-electron chi connectivity index (χ3n) is 2.07. The number of ether oxygens (including phenoxy) is 2. The first-order chi connectivity index (χ1) is 11.9. The van der Waals surface area contributed by atoms with Crippen LogP contribution < -0.4 is 0 Å². The maximum atomic E-state index is 11.1. The average Bonchev–Trinajstić information content (AvgIpc) is 3.31. The van der Waals surface area contributed by atoms with Crippen molar-refractivity contribution in [2.24, 2.45) is 0 Å². The molecule has 2 aromatic heterocycles. The maximum absolute atomic E-state index is 11.1. The summed E-state index contributed by atoms with van der Waals surface area (Å²) in [5.41, 5.74) is 0. The smallest absolute Gasteiger partial charge is 0.391 e. The van der Waals surface area contributed by atoms with E-state index >= 15 is 0 Å². The van der Waals surface area contributed by atoms with Crippen LogP contribution in [0.15, 0.2) is 40.4 Å². The molecule has 0 aromatic carbocycles. The van der Waals surface area contributed by atoms with Gasteiger partial charge in [0.25, 0.3) is 5.78 Å². The number of esters is 2. The quantitative estimate of drug-likeness (QED) is 0.328. The Balaban J connectivity index is 0.000000380. The number of hydrogen-bond donors (Lipinski definition) is 0. The molecular weight excluding hydrogens is 388 g/mol. The fourth-order valence-corrected chi connectivity index (χ4v) is 2.28. The molecule has 0 fully saturated rings. The van der Waals surface area contributed by atoms with Crippen LogP contribution in [0.1, 0.15) is 23.5 Å². The van der Waals surface area contributed by atoms with Gasteiger partial charge in [-0.3, -0.25) is 9.59 Å². The van der Waals surface area contributed by atoms with Crippen LogP contribution >= 0.6 is 34.3 Å². The van der Waals surface area contributed by atoms with Gasteiger partial charge in [0, 0.05) is 0 Å². The van der Waals surface area contributed by atoms with Crippen LogP contribution in [0.4, 0.5) is 0 Å². The van der Waals surface area contributed by atoms with Crippen molar-refractivity contribution < 1.29 is 28.7 Å². The SMILES string of the molecule is CCOC(=O)C(=O)Cl.CCOC(=O)C(=O)c1cccs1.c1ccsc1. The van der Waals surface area contributed by atoms with E-state index in [1.807, 2.05) is 22.9 Å². The molecule has 0 aliphatic heterocycles. The predicted octanol–water partition coefficient (Wildman–Crippen LogP) is 3.56. The average molecular weight is 405 g/mol. The van der Waals surface area contributed by atoms with Gasteiger partial charge in [-0.05, 0) is 47.7 Å². The highest BCUT2D eigenvalue weighted by Crippen LogP contribution is 2.09. The fraction of sp³-hybridized carbons (Fsp3) is 0.250. The maximum Gasteiger partial charge on any atom is 0.391 e. The molecule has 0 bridgehead atoms. The molecule has 9 heteroatoms. The first kappa shape index (κ1) is 23.0. The van der Waals surface area contributed by atoms with Gasteiger partial charge in [0.2, 0.25) is 0 Å². The van der Waals surface area contributed by atoms with Gasteiger partial charge in [0.15, 0.2) is 0 Å². The molecule has 0 radical (unpaired) electrons. The van der Waals surface area contributed by atoms with Crippen LogP contribution in [0.25, 0.3) is 0 Å². The van der Waals surface area contributed by atoms with E-state index in [-0.39, 0.29) is 13.2 Å². The number of carbonyl (C=O) groups is 4. The molecule has 0 amide bonds. The Morgan fingerprint density at radius 2 is 1.48 bits per heavy atom. The van der Waals surface area contributed by atoms with Crippen LogP contribution in [0.2, 0.25) is 0 Å². The van der Waals surface area contributed by atoms with Crippen molar-refractivity contribution in [2.75, 3.05) is 13.2 Å². The standard InChI is InChI=1S/C8H8O3S.C4H5ClO3.C4H4S/c1-2-11-8(10)7(9)6-4-3-5-12-6;1-2-8-4(7)3(5)6;1-2-4-5-3-1/h3-5H,2H2,1H3;2H2,1H3;1-4H. The molecule has 0 aliphatic rings. The van der Waals surface area contributed by atoms with E-state index < -0.39 is 23.0 Å². The molecule has 0 saturated carbocycles. The van der Waals surface area contributed by atoms with Crippen LogP contribution in [-0.4, -0.2) is 36.2 Å². The van der Waals surface area contributed by atoms with E-state index in [4.69, 9.17) is 11.6 Å². The van der Waals surface area contributed by atoms with Gasteiger partial charge in [-0.1, -0.05) is 18.2 Å². The summed E-state index contributed by atoms with van der Waals surface area (Å²) >= 11 is 7.64. The monoisotopic (exact) mass is 404 g/mol. The number of thiophene rings is 2. The van der Waals surface area contributed by atoms with Gasteiger partial charge >= 0.3 is 17.2 Å². The van der Waals surface area contributed by atoms with Crippen molar-refractivity contribution >= 4 is 57.2 Å². The summed E-state index contributed by atoms with van der Waals surface area (Å²) in [6, 6.07) is 7.36. The molecule has 0 spiro atoms. The summed E-state index contributed by atoms with van der Waals surface area (Å²) in [6.45, 7) is 3.67. The summed E-state index contributed by atoms with van der Waals surface area (Å²) in [7, 11) is 0. The van der Waals surface area contributed by atoms with Crippen molar-refractivity contribution in [3.63, 3.8) is 0 Å². The summed E-state index contributed by atoms with van der Waals surface area (Å²) in [5.74, 6) is -2.33. The third kappa shape index (κ3) is 11.2. The lowest BCUT2D eigenvalue weighted by Crippen LogP contribution is -2.16. The number of Topliss-reactive ketones (excluding diaryl/α,β-unsaturated/α-hetero) is 1. The Kier molecular flexibility index (Phi) is 13.2. The number of rotatable bonds is 5. The molecule has 25 heavy (non-hydrogen) atoms. The molecule has 2 rings (SSSR count). The summed E-state index contributed by atoms with van der Waals surface area (Å²) in [4.78, 5) is 42.3. The molecule has 0 unspecified atom stereocenters. The first-order valence-corrected chi connectivity index (χ1v) is 9.22. The summed E-state index contributed by atoms with van der Waals surface area (Å²) < 4.78 is 8.73. The van der Waals surface area contributed by atoms with Gasteiger partial charge in [0.1, 0.15) is 0 Å². The van der Waals surface area contributed by atoms with Crippen LogP contribution in [0.5, 0.6) is 0 Å². The van der Waals surface area contributed by atoms with Gasteiger partial charge in [-0.25, -0.2) is 9.59 Å². The highest BCUT2D eigenvalue weighted by Gasteiger charge is 2.17. The molecule has 136 valence electrons. The Hall–Kier alpha value is -2.03. The molecule has 2 aromatic rings. The molecule has 0 aliphatic carbocycles. The molecule has 0 atom stereocenters. The van der Waals surface area contributed by atoms with E-state index in [2.05, 4.69) is 9.47 Å². The van der Waals surface area contributed by atoms with E-state index in [1.165, 1.54) is 11.3 Å². The fourth-order valence-electron chi connectivity index (χ4n) is 1.12. The zero-order chi connectivity index (χ0) is 19.1. The number of hydrogen-bond acceptors (Lipinski definition) is 8. The van der Waals surface area contributed by atoms with Gasteiger partial charge in [-0.15, -0.1) is 11.3 Å². The van der Waals surface area contributed by atoms with Crippen molar-refractivity contribution in [3.05, 3.63) is 45.3 Å². The zero-order valence-corrected chi connectivity index (χ0v) is 16.0. The highest BCUT2D eigenvalue weighted by molar-refractivity contribution is 7.12. The lowest BCUT2D eigenvalue weighted by molar-refractivity contribution is -0.149. The molecule has 0 N–H and O–H groups in total. The number of carbonyl (C=O) groups excluding carboxylic acids is 4. The second-order valence-corrected chi connectivity index (χ2v) is 5.92. The predicted molar refractivity (Wildman–Crippen MR) is 97.1 cm³/mol. The van der Waals surface area contributed by atoms with Gasteiger partial charge in [-0.2, -0.15) is 11.3 Å². The van der Waals surface area contributed by atoms with Crippen LogP contribution in [-0.2, 0) is 23.9 Å². The second kappa shape index (κ2) is 14.3. The van der Waals surface area contributed by atoms with E-state index in [1.54, 1.807) is 42.7 Å². The minimum atomic E-state index is -1.08. The summed E-state index contributed by atoms with van der Waals surface area (Å²) in [5, 5.41) is 4.75. The minimum absolute atomic E-state index is 0.178. The first-order valence-electron chi connectivity index (χ1n) is 7.02.